The Kier molecular flexibility index (Phi) is 5.95. The molecule has 0 saturated heterocycles. The molecule has 0 bridgehead atoms. The number of anilines is 1. The summed E-state index contributed by atoms with van der Waals surface area (Å²) in [6.45, 7) is 4.00. The zero-order valence-corrected chi connectivity index (χ0v) is 10.1. The van der Waals surface area contributed by atoms with E-state index in [2.05, 4.69) is 20.7 Å². The summed E-state index contributed by atoms with van der Waals surface area (Å²) in [5, 5.41) is 0. The predicted molar refractivity (Wildman–Crippen MR) is 61.2 cm³/mol. The molecule has 0 amide bonds. The first-order valence-electron chi connectivity index (χ1n) is 4.28. The van der Waals surface area contributed by atoms with Crippen LogP contribution in [0.2, 0.25) is 0 Å². The van der Waals surface area contributed by atoms with Gasteiger partial charge in [0, 0.05) is 10.2 Å². The van der Waals surface area contributed by atoms with Crippen molar-refractivity contribution >= 4 is 27.6 Å². The number of nitrogen functional groups attached to an aromatic ring is 1. The number of esters is 1. The van der Waals surface area contributed by atoms with Crippen molar-refractivity contribution in [3.8, 4) is 0 Å². The number of hydrogen-bond donors (Lipinski definition) is 1. The minimum absolute atomic E-state index is 0.365. The maximum atomic E-state index is 11.0. The van der Waals surface area contributed by atoms with E-state index in [1.54, 1.807) is 18.2 Å². The lowest BCUT2D eigenvalue weighted by atomic mass is 10.2. The number of hydrogen-bond acceptors (Lipinski definition) is 3. The maximum absolute atomic E-state index is 11.0. The molecule has 1 aromatic rings. The second kappa shape index (κ2) is 6.43. The molecule has 0 aliphatic rings. The van der Waals surface area contributed by atoms with Gasteiger partial charge in [0.2, 0.25) is 0 Å². The monoisotopic (exact) mass is 259 g/mol. The molecule has 0 radical (unpaired) electrons. The van der Waals surface area contributed by atoms with Crippen LogP contribution in [0.4, 0.5) is 5.69 Å². The van der Waals surface area contributed by atoms with Gasteiger partial charge in [0.15, 0.2) is 0 Å². The van der Waals surface area contributed by atoms with E-state index < -0.39 is 0 Å². The first-order valence-corrected chi connectivity index (χ1v) is 5.08. The molecule has 3 nitrogen and oxygen atoms in total. The largest absolute Gasteiger partial charge is 0.465 e. The smallest absolute Gasteiger partial charge is 0.337 e. The number of methoxy groups -OCH3 is 1. The number of carbonyl (C=O) groups is 1. The minimum atomic E-state index is -0.365. The molecule has 1 aromatic carbocycles. The molecule has 78 valence electrons. The van der Waals surface area contributed by atoms with Crippen LogP contribution in [-0.2, 0) is 4.74 Å². The lowest BCUT2D eigenvalue weighted by molar-refractivity contribution is 0.0600. The highest BCUT2D eigenvalue weighted by molar-refractivity contribution is 9.10. The number of carbonyl (C=O) groups excluding carboxylic acids is 1. The zero-order valence-electron chi connectivity index (χ0n) is 8.50. The van der Waals surface area contributed by atoms with Crippen molar-refractivity contribution in [2.45, 2.75) is 13.8 Å². The second-order valence-electron chi connectivity index (χ2n) is 2.23. The summed E-state index contributed by atoms with van der Waals surface area (Å²) in [5.41, 5.74) is 6.62. The van der Waals surface area contributed by atoms with Crippen LogP contribution in [0.1, 0.15) is 24.2 Å². The topological polar surface area (TPSA) is 52.3 Å². The van der Waals surface area contributed by atoms with E-state index >= 15 is 0 Å². The first kappa shape index (κ1) is 13.0. The molecule has 0 atom stereocenters. The van der Waals surface area contributed by atoms with Crippen molar-refractivity contribution in [2.75, 3.05) is 12.8 Å². The third-order valence-electron chi connectivity index (χ3n) is 1.42. The maximum Gasteiger partial charge on any atom is 0.337 e. The van der Waals surface area contributed by atoms with E-state index in [-0.39, 0.29) is 5.97 Å². The Bertz CT molecular complexity index is 313. The van der Waals surface area contributed by atoms with Crippen molar-refractivity contribution in [1.29, 1.82) is 0 Å². The number of ether oxygens (including phenoxy) is 1. The highest BCUT2D eigenvalue weighted by Crippen LogP contribution is 2.20. The Morgan fingerprint density at radius 2 is 2.00 bits per heavy atom. The van der Waals surface area contributed by atoms with E-state index in [1.807, 2.05) is 13.8 Å². The van der Waals surface area contributed by atoms with Crippen LogP contribution in [0.3, 0.4) is 0 Å². The normalized spacial score (nSPS) is 8.57. The second-order valence-corrected chi connectivity index (χ2v) is 3.08. The lowest BCUT2D eigenvalue weighted by Gasteiger charge is -2.01. The van der Waals surface area contributed by atoms with Crippen LogP contribution in [0.25, 0.3) is 0 Å². The van der Waals surface area contributed by atoms with Gasteiger partial charge >= 0.3 is 5.97 Å². The molecule has 4 heteroatoms. The van der Waals surface area contributed by atoms with Crippen molar-refractivity contribution in [3.05, 3.63) is 28.2 Å². The lowest BCUT2D eigenvalue weighted by Crippen LogP contribution is -2.01. The molecule has 0 aromatic heterocycles. The van der Waals surface area contributed by atoms with Gasteiger partial charge in [-0.2, -0.15) is 0 Å². The van der Waals surface area contributed by atoms with Crippen molar-refractivity contribution in [1.82, 2.24) is 0 Å². The fourth-order valence-electron chi connectivity index (χ4n) is 0.772. The molecular formula is C10H14BrNO2. The Morgan fingerprint density at radius 3 is 2.43 bits per heavy atom. The van der Waals surface area contributed by atoms with Crippen LogP contribution in [0.15, 0.2) is 22.7 Å². The van der Waals surface area contributed by atoms with Crippen LogP contribution >= 0.6 is 15.9 Å². The molecule has 0 aliphatic carbocycles. The molecule has 14 heavy (non-hydrogen) atoms. The van der Waals surface area contributed by atoms with Gasteiger partial charge in [0.05, 0.1) is 12.7 Å². The molecule has 0 saturated carbocycles. The van der Waals surface area contributed by atoms with Crippen LogP contribution in [0.5, 0.6) is 0 Å². The third-order valence-corrected chi connectivity index (χ3v) is 2.11. The third kappa shape index (κ3) is 3.38. The molecule has 0 aliphatic heterocycles. The number of rotatable bonds is 1. The Balaban J connectivity index is 0.000000791. The van der Waals surface area contributed by atoms with Gasteiger partial charge < -0.3 is 10.5 Å². The summed E-state index contributed by atoms with van der Waals surface area (Å²) >= 11 is 3.21. The van der Waals surface area contributed by atoms with E-state index in [1.165, 1.54) is 7.11 Å². The fraction of sp³-hybridized carbons (Fsp3) is 0.300. The summed E-state index contributed by atoms with van der Waals surface area (Å²) in [4.78, 5) is 11.0. The van der Waals surface area contributed by atoms with Crippen LogP contribution in [0, 0.1) is 0 Å². The SMILES string of the molecule is CC.COC(=O)c1ccc(N)c(Br)c1. The number of nitrogens with two attached hydrogens (primary N) is 1. The van der Waals surface area contributed by atoms with Gasteiger partial charge in [-0.3, -0.25) is 0 Å². The van der Waals surface area contributed by atoms with E-state index in [4.69, 9.17) is 5.73 Å². The van der Waals surface area contributed by atoms with Gasteiger partial charge in [-0.1, -0.05) is 13.8 Å². The first-order chi connectivity index (χ1) is 6.65. The Morgan fingerprint density at radius 1 is 1.43 bits per heavy atom. The number of benzene rings is 1. The highest BCUT2D eigenvalue weighted by Gasteiger charge is 2.05. The molecule has 0 heterocycles. The van der Waals surface area contributed by atoms with Gasteiger partial charge in [-0.15, -0.1) is 0 Å². The quantitative estimate of drug-likeness (QED) is 0.624. The summed E-state index contributed by atoms with van der Waals surface area (Å²) < 4.78 is 5.23. The Labute approximate surface area is 92.4 Å². The van der Waals surface area contributed by atoms with Gasteiger partial charge in [-0.25, -0.2) is 4.79 Å². The van der Waals surface area contributed by atoms with Gasteiger partial charge in [-0.05, 0) is 34.1 Å². The van der Waals surface area contributed by atoms with E-state index in [9.17, 15) is 4.79 Å². The highest BCUT2D eigenvalue weighted by atomic mass is 79.9. The molecule has 2 N–H and O–H groups in total. The van der Waals surface area contributed by atoms with Crippen molar-refractivity contribution in [3.63, 3.8) is 0 Å². The zero-order chi connectivity index (χ0) is 11.1. The standard InChI is InChI=1S/C8H8BrNO2.C2H6/c1-12-8(11)5-2-3-7(10)6(9)4-5;1-2/h2-4H,10H2,1H3;1-2H3. The summed E-state index contributed by atoms with van der Waals surface area (Å²) in [6, 6.07) is 4.89. The molecule has 0 unspecified atom stereocenters. The molecule has 0 fully saturated rings. The molecule has 1 rings (SSSR count). The minimum Gasteiger partial charge on any atom is -0.465 e. The average molecular weight is 260 g/mol. The van der Waals surface area contributed by atoms with E-state index in [0.717, 1.165) is 0 Å². The van der Waals surface area contributed by atoms with Crippen molar-refractivity contribution < 1.29 is 9.53 Å². The van der Waals surface area contributed by atoms with Crippen molar-refractivity contribution in [2.24, 2.45) is 0 Å². The number of halogens is 1. The van der Waals surface area contributed by atoms with E-state index in [0.29, 0.717) is 15.7 Å². The predicted octanol–water partition coefficient (Wildman–Crippen LogP) is 2.84. The molecular weight excluding hydrogens is 246 g/mol. The van der Waals surface area contributed by atoms with Gasteiger partial charge in [0.1, 0.15) is 0 Å². The summed E-state index contributed by atoms with van der Waals surface area (Å²) in [6.07, 6.45) is 0. The van der Waals surface area contributed by atoms with Gasteiger partial charge in [0.25, 0.3) is 0 Å². The van der Waals surface area contributed by atoms with Crippen LogP contribution in [-0.4, -0.2) is 13.1 Å². The Hall–Kier alpha value is -1.03. The van der Waals surface area contributed by atoms with Crippen LogP contribution < -0.4 is 5.73 Å². The molecule has 0 spiro atoms. The average Bonchev–Trinajstić information content (AvgIpc) is 2.24. The summed E-state index contributed by atoms with van der Waals surface area (Å²) in [5.74, 6) is -0.365. The fourth-order valence-corrected chi connectivity index (χ4v) is 1.15. The summed E-state index contributed by atoms with van der Waals surface area (Å²) in [7, 11) is 1.34.